The lowest BCUT2D eigenvalue weighted by atomic mass is 10.0. The van der Waals surface area contributed by atoms with Gasteiger partial charge >= 0.3 is 0 Å². The van der Waals surface area contributed by atoms with Crippen molar-refractivity contribution in [1.29, 1.82) is 5.41 Å². The van der Waals surface area contributed by atoms with Gasteiger partial charge < -0.3 is 10.5 Å². The van der Waals surface area contributed by atoms with Gasteiger partial charge in [0.15, 0.2) is 0 Å². The van der Waals surface area contributed by atoms with E-state index in [0.29, 0.717) is 0 Å². The summed E-state index contributed by atoms with van der Waals surface area (Å²) in [5.74, 6) is 0.952. The molecule has 0 aliphatic carbocycles. The van der Waals surface area contributed by atoms with E-state index in [1.54, 1.807) is 7.11 Å². The number of amidine groups is 1. The van der Waals surface area contributed by atoms with Gasteiger partial charge in [0.05, 0.1) is 12.0 Å². The van der Waals surface area contributed by atoms with Crippen molar-refractivity contribution in [2.45, 2.75) is 0 Å². The minimum atomic E-state index is 0.108. The molecule has 1 aromatic heterocycles. The number of hydrogen-bond acceptors (Lipinski definition) is 3. The van der Waals surface area contributed by atoms with Crippen LogP contribution < -0.4 is 10.5 Å². The van der Waals surface area contributed by atoms with Crippen LogP contribution in [0.3, 0.4) is 0 Å². The smallest absolute Gasteiger partial charge is 0.133 e. The van der Waals surface area contributed by atoms with Gasteiger partial charge in [0, 0.05) is 15.6 Å². The molecule has 0 fully saturated rings. The Hall–Kier alpha value is -2.33. The van der Waals surface area contributed by atoms with Crippen LogP contribution >= 0.6 is 11.3 Å². The first-order chi connectivity index (χ1) is 9.70. The molecule has 0 saturated carbocycles. The summed E-state index contributed by atoms with van der Waals surface area (Å²) in [5.41, 5.74) is 7.74. The van der Waals surface area contributed by atoms with Crippen molar-refractivity contribution >= 4 is 27.3 Å². The average Bonchev–Trinajstić information content (AvgIpc) is 2.91. The van der Waals surface area contributed by atoms with Crippen molar-refractivity contribution in [3.05, 3.63) is 53.4 Å². The number of hydrogen-bond donors (Lipinski definition) is 2. The van der Waals surface area contributed by atoms with E-state index in [1.807, 2.05) is 42.5 Å². The predicted octanol–water partition coefficient (Wildman–Crippen LogP) is 3.86. The zero-order valence-corrected chi connectivity index (χ0v) is 11.8. The SMILES string of the molecule is COc1ccccc1-c1cccc2sc(C(=N)N)cc12. The van der Waals surface area contributed by atoms with Gasteiger partial charge in [-0.2, -0.15) is 0 Å². The highest BCUT2D eigenvalue weighted by Crippen LogP contribution is 2.37. The third-order valence-electron chi connectivity index (χ3n) is 3.22. The second kappa shape index (κ2) is 4.98. The molecule has 0 atom stereocenters. The normalized spacial score (nSPS) is 10.7. The van der Waals surface area contributed by atoms with Crippen molar-refractivity contribution in [2.24, 2.45) is 5.73 Å². The van der Waals surface area contributed by atoms with Crippen LogP contribution in [0.1, 0.15) is 4.88 Å². The Morgan fingerprint density at radius 1 is 1.10 bits per heavy atom. The second-order valence-electron chi connectivity index (χ2n) is 4.44. The fourth-order valence-electron chi connectivity index (χ4n) is 2.30. The van der Waals surface area contributed by atoms with Crippen LogP contribution in [0.2, 0.25) is 0 Å². The molecular formula is C16H14N2OS. The van der Waals surface area contributed by atoms with Crippen LogP contribution in [-0.2, 0) is 0 Å². The molecule has 0 aliphatic rings. The summed E-state index contributed by atoms with van der Waals surface area (Å²) in [6, 6.07) is 16.0. The average molecular weight is 282 g/mol. The first-order valence-electron chi connectivity index (χ1n) is 6.21. The molecule has 0 radical (unpaired) electrons. The lowest BCUT2D eigenvalue weighted by Gasteiger charge is -2.09. The Kier molecular flexibility index (Phi) is 3.16. The van der Waals surface area contributed by atoms with Gasteiger partial charge in [-0.3, -0.25) is 5.41 Å². The van der Waals surface area contributed by atoms with Gasteiger partial charge in [0.2, 0.25) is 0 Å². The monoisotopic (exact) mass is 282 g/mol. The lowest BCUT2D eigenvalue weighted by molar-refractivity contribution is 0.416. The summed E-state index contributed by atoms with van der Waals surface area (Å²) in [7, 11) is 1.67. The highest BCUT2D eigenvalue weighted by atomic mass is 32.1. The number of nitrogen functional groups attached to an aromatic ring is 1. The molecule has 0 amide bonds. The summed E-state index contributed by atoms with van der Waals surface area (Å²) in [6.45, 7) is 0. The van der Waals surface area contributed by atoms with Crippen molar-refractivity contribution in [3.8, 4) is 16.9 Å². The third-order valence-corrected chi connectivity index (χ3v) is 4.36. The molecule has 1 heterocycles. The summed E-state index contributed by atoms with van der Waals surface area (Å²) in [5, 5.41) is 8.69. The molecule has 3 rings (SSSR count). The van der Waals surface area contributed by atoms with Gasteiger partial charge in [0.1, 0.15) is 11.6 Å². The van der Waals surface area contributed by atoms with E-state index in [4.69, 9.17) is 15.9 Å². The van der Waals surface area contributed by atoms with Crippen molar-refractivity contribution in [3.63, 3.8) is 0 Å². The topological polar surface area (TPSA) is 59.1 Å². The molecule has 0 bridgehead atoms. The molecule has 0 unspecified atom stereocenters. The Morgan fingerprint density at radius 2 is 1.85 bits per heavy atom. The molecule has 3 N–H and O–H groups in total. The first kappa shape index (κ1) is 12.7. The minimum Gasteiger partial charge on any atom is -0.496 e. The molecule has 3 aromatic rings. The zero-order valence-electron chi connectivity index (χ0n) is 11.0. The van der Waals surface area contributed by atoms with Crippen LogP contribution in [0, 0.1) is 5.41 Å². The quantitative estimate of drug-likeness (QED) is 0.566. The Balaban J connectivity index is 2.28. The largest absolute Gasteiger partial charge is 0.496 e. The van der Waals surface area contributed by atoms with E-state index in [1.165, 1.54) is 11.3 Å². The number of methoxy groups -OCH3 is 1. The Bertz CT molecular complexity index is 792. The highest BCUT2D eigenvalue weighted by molar-refractivity contribution is 7.20. The maximum Gasteiger partial charge on any atom is 0.133 e. The summed E-state index contributed by atoms with van der Waals surface area (Å²) in [4.78, 5) is 0.794. The number of rotatable bonds is 3. The van der Waals surface area contributed by atoms with Crippen LogP contribution in [0.25, 0.3) is 21.2 Å². The zero-order chi connectivity index (χ0) is 14.1. The number of ether oxygens (including phenoxy) is 1. The van der Waals surface area contributed by atoms with Gasteiger partial charge in [0.25, 0.3) is 0 Å². The molecule has 0 spiro atoms. The number of benzene rings is 2. The number of nitrogens with one attached hydrogen (secondary N) is 1. The van der Waals surface area contributed by atoms with Crippen LogP contribution in [0.4, 0.5) is 0 Å². The molecule has 2 aromatic carbocycles. The molecule has 3 nitrogen and oxygen atoms in total. The molecule has 100 valence electrons. The molecule has 4 heteroatoms. The van der Waals surface area contributed by atoms with E-state index in [0.717, 1.165) is 31.8 Å². The maximum absolute atomic E-state index is 7.58. The lowest BCUT2D eigenvalue weighted by Crippen LogP contribution is -2.08. The van der Waals surface area contributed by atoms with Gasteiger partial charge in [-0.25, -0.2) is 0 Å². The fraction of sp³-hybridized carbons (Fsp3) is 0.0625. The van der Waals surface area contributed by atoms with Crippen molar-refractivity contribution < 1.29 is 4.74 Å². The fourth-order valence-corrected chi connectivity index (χ4v) is 3.24. The Labute approximate surface area is 121 Å². The number of nitrogens with two attached hydrogens (primary N) is 1. The summed E-state index contributed by atoms with van der Waals surface area (Å²) >= 11 is 1.54. The van der Waals surface area contributed by atoms with Gasteiger partial charge in [-0.05, 0) is 23.8 Å². The maximum atomic E-state index is 7.58. The van der Waals surface area contributed by atoms with E-state index >= 15 is 0 Å². The Morgan fingerprint density at radius 3 is 2.60 bits per heavy atom. The van der Waals surface area contributed by atoms with E-state index in [-0.39, 0.29) is 5.84 Å². The van der Waals surface area contributed by atoms with Gasteiger partial charge in [-0.1, -0.05) is 30.3 Å². The number of thiophene rings is 1. The van der Waals surface area contributed by atoms with Crippen LogP contribution in [0.5, 0.6) is 5.75 Å². The van der Waals surface area contributed by atoms with Crippen LogP contribution in [0.15, 0.2) is 48.5 Å². The molecule has 20 heavy (non-hydrogen) atoms. The minimum absolute atomic E-state index is 0.108. The predicted molar refractivity (Wildman–Crippen MR) is 84.8 cm³/mol. The number of para-hydroxylation sites is 1. The van der Waals surface area contributed by atoms with Crippen molar-refractivity contribution in [2.75, 3.05) is 7.11 Å². The molecular weight excluding hydrogens is 268 g/mol. The second-order valence-corrected chi connectivity index (χ2v) is 5.53. The van der Waals surface area contributed by atoms with E-state index in [2.05, 4.69) is 6.07 Å². The van der Waals surface area contributed by atoms with Crippen LogP contribution in [-0.4, -0.2) is 12.9 Å². The number of fused-ring (bicyclic) bond motifs is 1. The first-order valence-corrected chi connectivity index (χ1v) is 7.02. The summed E-state index contributed by atoms with van der Waals surface area (Å²) in [6.07, 6.45) is 0. The van der Waals surface area contributed by atoms with E-state index < -0.39 is 0 Å². The summed E-state index contributed by atoms with van der Waals surface area (Å²) < 4.78 is 6.56. The van der Waals surface area contributed by atoms with Gasteiger partial charge in [-0.15, -0.1) is 11.3 Å². The highest BCUT2D eigenvalue weighted by Gasteiger charge is 2.12. The molecule has 0 saturated heterocycles. The van der Waals surface area contributed by atoms with E-state index in [9.17, 15) is 0 Å². The van der Waals surface area contributed by atoms with Crippen molar-refractivity contribution in [1.82, 2.24) is 0 Å². The third kappa shape index (κ3) is 2.04. The molecule has 0 aliphatic heterocycles. The standard InChI is InChI=1S/C16H14N2OS/c1-19-13-7-3-2-5-11(13)10-6-4-8-14-12(10)9-15(20-14)16(17)18/h2-9H,1H3,(H3,17,18).